The molecule has 2 amide bonds. The summed E-state index contributed by atoms with van der Waals surface area (Å²) in [5.41, 5.74) is 3.02. The SMILES string of the molecule is O=C(Nc1ccc(F)cc1)N1CCc2c(Br)cccc2C1. The van der Waals surface area contributed by atoms with Gasteiger partial charge in [0.15, 0.2) is 0 Å². The van der Waals surface area contributed by atoms with Gasteiger partial charge in [-0.25, -0.2) is 9.18 Å². The van der Waals surface area contributed by atoms with Gasteiger partial charge < -0.3 is 10.2 Å². The van der Waals surface area contributed by atoms with Crippen LogP contribution in [0.5, 0.6) is 0 Å². The summed E-state index contributed by atoms with van der Waals surface area (Å²) < 4.78 is 14.0. The molecule has 5 heteroatoms. The number of urea groups is 1. The van der Waals surface area contributed by atoms with Crippen molar-refractivity contribution in [2.75, 3.05) is 11.9 Å². The van der Waals surface area contributed by atoms with Gasteiger partial charge in [0, 0.05) is 23.2 Å². The zero-order chi connectivity index (χ0) is 14.8. The van der Waals surface area contributed by atoms with Gasteiger partial charge >= 0.3 is 6.03 Å². The summed E-state index contributed by atoms with van der Waals surface area (Å²) in [5, 5.41) is 2.79. The first-order valence-corrected chi connectivity index (χ1v) is 7.50. The largest absolute Gasteiger partial charge is 0.322 e. The summed E-state index contributed by atoms with van der Waals surface area (Å²) in [4.78, 5) is 14.0. The summed E-state index contributed by atoms with van der Waals surface area (Å²) >= 11 is 3.54. The number of nitrogens with zero attached hydrogens (tertiary/aromatic N) is 1. The van der Waals surface area contributed by atoms with Crippen LogP contribution in [-0.4, -0.2) is 17.5 Å². The molecule has 3 rings (SSSR count). The smallest absolute Gasteiger partial charge is 0.320 e. The monoisotopic (exact) mass is 348 g/mol. The number of halogens is 2. The van der Waals surface area contributed by atoms with E-state index >= 15 is 0 Å². The van der Waals surface area contributed by atoms with Crippen molar-refractivity contribution in [3.8, 4) is 0 Å². The number of carbonyl (C=O) groups excluding carboxylic acids is 1. The van der Waals surface area contributed by atoms with E-state index in [4.69, 9.17) is 0 Å². The van der Waals surface area contributed by atoms with E-state index in [-0.39, 0.29) is 11.8 Å². The van der Waals surface area contributed by atoms with E-state index in [1.807, 2.05) is 18.2 Å². The molecule has 2 aromatic rings. The van der Waals surface area contributed by atoms with Gasteiger partial charge in [-0.3, -0.25) is 0 Å². The molecule has 0 aromatic heterocycles. The van der Waals surface area contributed by atoms with Gasteiger partial charge in [-0.05, 0) is 47.9 Å². The van der Waals surface area contributed by atoms with Gasteiger partial charge in [-0.1, -0.05) is 28.1 Å². The third kappa shape index (κ3) is 3.08. The maximum absolute atomic E-state index is 12.9. The summed E-state index contributed by atoms with van der Waals surface area (Å²) in [6, 6.07) is 11.7. The maximum atomic E-state index is 12.9. The van der Waals surface area contributed by atoms with Crippen LogP contribution >= 0.6 is 15.9 Å². The number of fused-ring (bicyclic) bond motifs is 1. The summed E-state index contributed by atoms with van der Waals surface area (Å²) in [5.74, 6) is -0.315. The molecule has 0 atom stereocenters. The lowest BCUT2D eigenvalue weighted by Gasteiger charge is -2.29. The van der Waals surface area contributed by atoms with E-state index in [0.29, 0.717) is 18.8 Å². The van der Waals surface area contributed by atoms with Crippen molar-refractivity contribution in [3.63, 3.8) is 0 Å². The zero-order valence-corrected chi connectivity index (χ0v) is 12.9. The molecular weight excluding hydrogens is 335 g/mol. The minimum atomic E-state index is -0.315. The maximum Gasteiger partial charge on any atom is 0.322 e. The highest BCUT2D eigenvalue weighted by Gasteiger charge is 2.21. The van der Waals surface area contributed by atoms with Crippen molar-refractivity contribution < 1.29 is 9.18 Å². The highest BCUT2D eigenvalue weighted by molar-refractivity contribution is 9.10. The predicted octanol–water partition coefficient (Wildman–Crippen LogP) is 4.18. The number of anilines is 1. The molecule has 0 saturated carbocycles. The predicted molar refractivity (Wildman–Crippen MR) is 83.7 cm³/mol. The van der Waals surface area contributed by atoms with E-state index in [1.54, 1.807) is 17.0 Å². The molecule has 1 N–H and O–H groups in total. The topological polar surface area (TPSA) is 32.3 Å². The molecule has 2 aromatic carbocycles. The van der Waals surface area contributed by atoms with Gasteiger partial charge in [0.2, 0.25) is 0 Å². The third-order valence-electron chi connectivity index (χ3n) is 3.59. The molecule has 21 heavy (non-hydrogen) atoms. The Balaban J connectivity index is 1.71. The Bertz CT molecular complexity index is 672. The Morgan fingerprint density at radius 3 is 2.71 bits per heavy atom. The first-order valence-electron chi connectivity index (χ1n) is 6.71. The summed E-state index contributed by atoms with van der Waals surface area (Å²) in [6.07, 6.45) is 0.827. The fourth-order valence-electron chi connectivity index (χ4n) is 2.47. The van der Waals surface area contributed by atoms with Crippen LogP contribution < -0.4 is 5.32 Å². The van der Waals surface area contributed by atoms with E-state index in [9.17, 15) is 9.18 Å². The number of hydrogen-bond acceptors (Lipinski definition) is 1. The van der Waals surface area contributed by atoms with E-state index in [1.165, 1.54) is 17.7 Å². The van der Waals surface area contributed by atoms with Crippen molar-refractivity contribution in [1.29, 1.82) is 0 Å². The average Bonchev–Trinajstić information content (AvgIpc) is 2.49. The van der Waals surface area contributed by atoms with Crippen molar-refractivity contribution in [2.45, 2.75) is 13.0 Å². The first kappa shape index (κ1) is 14.1. The minimum Gasteiger partial charge on any atom is -0.320 e. The second-order valence-corrected chi connectivity index (χ2v) is 5.84. The standard InChI is InChI=1S/C16H14BrFN2O/c17-15-3-1-2-11-10-20(9-8-14(11)15)16(21)19-13-6-4-12(18)5-7-13/h1-7H,8-10H2,(H,19,21). The molecular formula is C16H14BrFN2O. The molecule has 0 aliphatic carbocycles. The zero-order valence-electron chi connectivity index (χ0n) is 11.3. The Morgan fingerprint density at radius 2 is 1.95 bits per heavy atom. The van der Waals surface area contributed by atoms with Crippen LogP contribution in [-0.2, 0) is 13.0 Å². The number of carbonyl (C=O) groups is 1. The molecule has 0 bridgehead atoms. The van der Waals surface area contributed by atoms with Crippen molar-refractivity contribution >= 4 is 27.6 Å². The number of rotatable bonds is 1. The number of nitrogens with one attached hydrogen (secondary N) is 1. The van der Waals surface area contributed by atoms with Crippen molar-refractivity contribution in [1.82, 2.24) is 4.90 Å². The number of amides is 2. The highest BCUT2D eigenvalue weighted by Crippen LogP contribution is 2.26. The number of hydrogen-bond donors (Lipinski definition) is 1. The minimum absolute atomic E-state index is 0.160. The van der Waals surface area contributed by atoms with E-state index in [0.717, 1.165) is 16.5 Å². The normalized spacial score (nSPS) is 13.7. The highest BCUT2D eigenvalue weighted by atomic mass is 79.9. The fourth-order valence-corrected chi connectivity index (χ4v) is 3.08. The lowest BCUT2D eigenvalue weighted by Crippen LogP contribution is -2.38. The Kier molecular flexibility index (Phi) is 3.92. The molecule has 1 aliphatic heterocycles. The van der Waals surface area contributed by atoms with Crippen molar-refractivity contribution in [2.24, 2.45) is 0 Å². The second-order valence-electron chi connectivity index (χ2n) is 4.99. The summed E-state index contributed by atoms with van der Waals surface area (Å²) in [6.45, 7) is 1.25. The molecule has 0 fully saturated rings. The average molecular weight is 349 g/mol. The lowest BCUT2D eigenvalue weighted by atomic mass is 10.0. The molecule has 3 nitrogen and oxygen atoms in total. The molecule has 0 radical (unpaired) electrons. The first-order chi connectivity index (χ1) is 10.1. The van der Waals surface area contributed by atoms with E-state index < -0.39 is 0 Å². The van der Waals surface area contributed by atoms with E-state index in [2.05, 4.69) is 21.2 Å². The van der Waals surface area contributed by atoms with Crippen LogP contribution in [0.25, 0.3) is 0 Å². The third-order valence-corrected chi connectivity index (χ3v) is 4.33. The molecule has 0 saturated heterocycles. The van der Waals surface area contributed by atoms with Crippen LogP contribution in [0.1, 0.15) is 11.1 Å². The molecule has 1 aliphatic rings. The van der Waals surface area contributed by atoms with Gasteiger partial charge in [0.05, 0.1) is 0 Å². The molecule has 0 spiro atoms. The second kappa shape index (κ2) is 5.85. The van der Waals surface area contributed by atoms with Gasteiger partial charge in [0.1, 0.15) is 5.82 Å². The summed E-state index contributed by atoms with van der Waals surface area (Å²) in [7, 11) is 0. The molecule has 108 valence electrons. The fraction of sp³-hybridized carbons (Fsp3) is 0.188. The van der Waals surface area contributed by atoms with Crippen LogP contribution in [0.3, 0.4) is 0 Å². The van der Waals surface area contributed by atoms with Crippen LogP contribution in [0.4, 0.5) is 14.9 Å². The Hall–Kier alpha value is -1.88. The van der Waals surface area contributed by atoms with Crippen LogP contribution in [0.2, 0.25) is 0 Å². The molecule has 0 unspecified atom stereocenters. The van der Waals surface area contributed by atoms with Crippen LogP contribution in [0.15, 0.2) is 46.9 Å². The van der Waals surface area contributed by atoms with Gasteiger partial charge in [-0.2, -0.15) is 0 Å². The van der Waals surface area contributed by atoms with Crippen LogP contribution in [0, 0.1) is 5.82 Å². The molecule has 1 heterocycles. The quantitative estimate of drug-likeness (QED) is 0.823. The lowest BCUT2D eigenvalue weighted by molar-refractivity contribution is 0.206. The Morgan fingerprint density at radius 1 is 1.19 bits per heavy atom. The number of benzene rings is 2. The van der Waals surface area contributed by atoms with Gasteiger partial charge in [0.25, 0.3) is 0 Å². The van der Waals surface area contributed by atoms with Gasteiger partial charge in [-0.15, -0.1) is 0 Å². The Labute approximate surface area is 130 Å². The van der Waals surface area contributed by atoms with Crippen molar-refractivity contribution in [3.05, 3.63) is 63.9 Å².